The lowest BCUT2D eigenvalue weighted by Crippen LogP contribution is -2.40. The van der Waals surface area contributed by atoms with Crippen LogP contribution in [0.4, 0.5) is 37.2 Å². The van der Waals surface area contributed by atoms with Crippen LogP contribution in [0.3, 0.4) is 0 Å². The van der Waals surface area contributed by atoms with E-state index in [4.69, 9.17) is 5.11 Å². The number of rotatable bonds is 9. The molecular weight excluding hydrogens is 552 g/mol. The van der Waals surface area contributed by atoms with Gasteiger partial charge in [0.25, 0.3) is 11.8 Å². The van der Waals surface area contributed by atoms with Gasteiger partial charge in [-0.15, -0.1) is 0 Å². The average molecular weight is 592 g/mol. The van der Waals surface area contributed by atoms with E-state index in [1.807, 2.05) is 30.0 Å². The molecule has 9 nitrogen and oxygen atoms in total. The van der Waals surface area contributed by atoms with Crippen molar-refractivity contribution in [2.75, 3.05) is 77.4 Å². The first-order valence-corrected chi connectivity index (χ1v) is 15.8. The fourth-order valence-corrected chi connectivity index (χ4v) is 6.61. The molecule has 1 amide bonds. The van der Waals surface area contributed by atoms with Crippen LogP contribution in [0, 0.1) is 5.41 Å². The molecule has 41 heavy (non-hydrogen) atoms. The number of nitrogens with zero attached hydrogens (tertiary/aromatic N) is 3. The Morgan fingerprint density at radius 1 is 0.927 bits per heavy atom. The minimum Gasteiger partial charge on any atom is -0.395 e. The molecule has 5 rings (SSSR count). The van der Waals surface area contributed by atoms with Crippen LogP contribution in [0.2, 0.25) is 0 Å². The highest BCUT2D eigenvalue weighted by Crippen LogP contribution is 2.54. The Morgan fingerprint density at radius 3 is 2.17 bits per heavy atom. The molecular formula is C29H39F2N5O4S. The Hall–Kier alpha value is -3.12. The zero-order valence-corrected chi connectivity index (χ0v) is 24.4. The van der Waals surface area contributed by atoms with Crippen molar-refractivity contribution in [2.24, 2.45) is 5.41 Å². The van der Waals surface area contributed by atoms with Crippen LogP contribution >= 0.6 is 0 Å². The monoisotopic (exact) mass is 591 g/mol. The summed E-state index contributed by atoms with van der Waals surface area (Å²) in [6.07, 6.45) is 4.11. The van der Waals surface area contributed by atoms with E-state index in [0.29, 0.717) is 22.4 Å². The lowest BCUT2D eigenvalue weighted by atomic mass is 9.93. The Morgan fingerprint density at radius 2 is 1.56 bits per heavy atom. The minimum absolute atomic E-state index is 0.202. The molecule has 2 aromatic carbocycles. The summed E-state index contributed by atoms with van der Waals surface area (Å²) >= 11 is 0. The molecule has 2 heterocycles. The number of alkyl halides is 2. The van der Waals surface area contributed by atoms with Gasteiger partial charge in [0.2, 0.25) is 10.0 Å². The quantitative estimate of drug-likeness (QED) is 0.398. The molecule has 0 radical (unpaired) electrons. The van der Waals surface area contributed by atoms with Crippen molar-refractivity contribution in [1.82, 2.24) is 0 Å². The number of carbonyl (C=O) groups excluding carboxylic acids is 1. The van der Waals surface area contributed by atoms with Gasteiger partial charge in [0.1, 0.15) is 0 Å². The summed E-state index contributed by atoms with van der Waals surface area (Å²) in [5.41, 5.74) is 4.05. The fraction of sp³-hybridized carbons (Fsp3) is 0.552. The van der Waals surface area contributed by atoms with Crippen molar-refractivity contribution in [3.63, 3.8) is 0 Å². The van der Waals surface area contributed by atoms with Gasteiger partial charge < -0.3 is 25.1 Å². The number of hydrogen-bond donors (Lipinski definition) is 3. The third kappa shape index (κ3) is 6.86. The van der Waals surface area contributed by atoms with Gasteiger partial charge in [-0.3, -0.25) is 9.52 Å². The van der Waals surface area contributed by atoms with Crippen LogP contribution in [0.1, 0.15) is 48.9 Å². The van der Waals surface area contributed by atoms with Gasteiger partial charge in [-0.25, -0.2) is 17.2 Å². The maximum absolute atomic E-state index is 13.8. The van der Waals surface area contributed by atoms with Crippen molar-refractivity contribution in [1.29, 1.82) is 0 Å². The molecule has 2 saturated heterocycles. The van der Waals surface area contributed by atoms with E-state index in [-0.39, 0.29) is 31.8 Å². The largest absolute Gasteiger partial charge is 0.395 e. The maximum atomic E-state index is 13.8. The number of hydrogen-bond acceptors (Lipinski definition) is 7. The molecule has 0 bridgehead atoms. The van der Waals surface area contributed by atoms with Crippen LogP contribution in [0.5, 0.6) is 0 Å². The van der Waals surface area contributed by atoms with Crippen LogP contribution in [0.25, 0.3) is 0 Å². The normalized spacial score (nSPS) is 19.6. The summed E-state index contributed by atoms with van der Waals surface area (Å²) < 4.78 is 54.8. The predicted molar refractivity (Wildman–Crippen MR) is 159 cm³/mol. The van der Waals surface area contributed by atoms with Gasteiger partial charge in [0.15, 0.2) is 0 Å². The van der Waals surface area contributed by atoms with E-state index in [1.54, 1.807) is 30.3 Å². The number of piperidine rings is 2. The first-order chi connectivity index (χ1) is 19.4. The van der Waals surface area contributed by atoms with Gasteiger partial charge in [-0.05, 0) is 67.5 Å². The smallest absolute Gasteiger partial charge is 0.255 e. The van der Waals surface area contributed by atoms with Crippen molar-refractivity contribution >= 4 is 44.4 Å². The van der Waals surface area contributed by atoms with Gasteiger partial charge in [-0.2, -0.15) is 0 Å². The van der Waals surface area contributed by atoms with Gasteiger partial charge in [-0.1, -0.05) is 0 Å². The predicted octanol–water partition coefficient (Wildman–Crippen LogP) is 4.35. The van der Waals surface area contributed by atoms with E-state index in [9.17, 15) is 22.0 Å². The van der Waals surface area contributed by atoms with E-state index in [2.05, 4.69) is 14.9 Å². The van der Waals surface area contributed by atoms with E-state index in [0.717, 1.165) is 43.0 Å². The van der Waals surface area contributed by atoms with Crippen LogP contribution < -0.4 is 24.7 Å². The topological polar surface area (TPSA) is 105 Å². The molecule has 2 aromatic rings. The highest BCUT2D eigenvalue weighted by atomic mass is 32.2. The number of benzene rings is 2. The van der Waals surface area contributed by atoms with Crippen molar-refractivity contribution in [3.05, 3.63) is 42.0 Å². The number of anilines is 5. The Labute approximate surface area is 240 Å². The summed E-state index contributed by atoms with van der Waals surface area (Å²) in [7, 11) is 0.0431. The molecule has 224 valence electrons. The summed E-state index contributed by atoms with van der Waals surface area (Å²) in [5.74, 6) is -3.43. The van der Waals surface area contributed by atoms with Crippen molar-refractivity contribution in [2.45, 2.75) is 44.4 Å². The molecule has 0 aromatic heterocycles. The molecule has 1 saturated carbocycles. The number of aliphatic hydroxyl groups is 1. The van der Waals surface area contributed by atoms with Crippen LogP contribution in [-0.4, -0.2) is 78.0 Å². The fourth-order valence-electron chi connectivity index (χ4n) is 5.78. The van der Waals surface area contributed by atoms with E-state index in [1.165, 1.54) is 12.8 Å². The summed E-state index contributed by atoms with van der Waals surface area (Å²) in [6.45, 7) is 1.52. The summed E-state index contributed by atoms with van der Waals surface area (Å²) in [6, 6.07) is 10.3. The second-order valence-corrected chi connectivity index (χ2v) is 13.6. The molecule has 3 fully saturated rings. The van der Waals surface area contributed by atoms with Crippen LogP contribution in [-0.2, 0) is 10.0 Å². The number of carbonyl (C=O) groups is 1. The lowest BCUT2D eigenvalue weighted by Gasteiger charge is -2.36. The third-order valence-corrected chi connectivity index (χ3v) is 9.82. The Kier molecular flexibility index (Phi) is 8.08. The minimum atomic E-state index is -3.72. The maximum Gasteiger partial charge on any atom is 0.255 e. The zero-order valence-electron chi connectivity index (χ0n) is 23.6. The van der Waals surface area contributed by atoms with Crippen molar-refractivity contribution in [3.8, 4) is 0 Å². The Bertz CT molecular complexity index is 1380. The summed E-state index contributed by atoms with van der Waals surface area (Å²) in [5, 5.41) is 12.1. The molecule has 1 aliphatic carbocycles. The molecule has 2 aliphatic heterocycles. The molecule has 1 spiro atoms. The number of aliphatic hydroxyl groups excluding tert-OH is 1. The number of amides is 1. The number of halogens is 2. The lowest BCUT2D eigenvalue weighted by molar-refractivity contribution is -0.0220. The SMILES string of the molecule is CN(C)c1ccc(C(=O)Nc2ccc(NS(=O)(=O)CCO)cc2N2CCC3(CC2)CC3)cc1N1CCC(F)(F)CC1. The highest BCUT2D eigenvalue weighted by molar-refractivity contribution is 7.92. The van der Waals surface area contributed by atoms with Gasteiger partial charge in [0.05, 0.1) is 40.8 Å². The number of nitrogens with one attached hydrogen (secondary N) is 2. The molecule has 3 N–H and O–H groups in total. The number of sulfonamides is 1. The van der Waals surface area contributed by atoms with E-state index >= 15 is 0 Å². The average Bonchev–Trinajstić information content (AvgIpc) is 3.68. The van der Waals surface area contributed by atoms with Crippen molar-refractivity contribution < 1.29 is 27.1 Å². The summed E-state index contributed by atoms with van der Waals surface area (Å²) in [4.78, 5) is 19.5. The highest BCUT2D eigenvalue weighted by Gasteiger charge is 2.44. The Balaban J connectivity index is 1.41. The third-order valence-electron chi connectivity index (χ3n) is 8.56. The molecule has 3 aliphatic rings. The molecule has 0 atom stereocenters. The first kappa shape index (κ1) is 29.4. The standard InChI is InChI=1S/C29H39F2N5O4S/c1-34(2)24-6-3-21(19-26(24)36-15-11-29(30,31)12-16-36)27(38)32-23-5-4-22(33-41(39,40)18-17-37)20-25(23)35-13-9-28(7-8-28)10-14-35/h3-6,19-20,33,37H,7-18H2,1-2H3,(H,32,38). The second kappa shape index (κ2) is 11.3. The van der Waals surface area contributed by atoms with Crippen LogP contribution in [0.15, 0.2) is 36.4 Å². The second-order valence-electron chi connectivity index (χ2n) is 11.8. The molecule has 0 unspecified atom stereocenters. The van der Waals surface area contributed by atoms with Gasteiger partial charge in [0, 0.05) is 58.7 Å². The van der Waals surface area contributed by atoms with Gasteiger partial charge >= 0.3 is 0 Å². The molecule has 12 heteroatoms. The van der Waals surface area contributed by atoms with E-state index < -0.39 is 28.3 Å². The first-order valence-electron chi connectivity index (χ1n) is 14.2. The zero-order chi connectivity index (χ0) is 29.4.